The third kappa shape index (κ3) is 12.0. The van der Waals surface area contributed by atoms with Crippen molar-refractivity contribution in [1.29, 1.82) is 5.41 Å². The molecule has 2 aromatic heterocycles. The summed E-state index contributed by atoms with van der Waals surface area (Å²) in [6.07, 6.45) is -0.0689. The van der Waals surface area contributed by atoms with Gasteiger partial charge in [0.25, 0.3) is 10.1 Å². The zero-order valence-electron chi connectivity index (χ0n) is 36.5. The Morgan fingerprint density at radius 2 is 1.71 bits per heavy atom. The van der Waals surface area contributed by atoms with Gasteiger partial charge in [0.1, 0.15) is 35.9 Å². The van der Waals surface area contributed by atoms with E-state index in [0.717, 1.165) is 0 Å². The van der Waals surface area contributed by atoms with Gasteiger partial charge < -0.3 is 55.4 Å². The summed E-state index contributed by atoms with van der Waals surface area (Å²) in [5.74, 6) is -1.72. The van der Waals surface area contributed by atoms with Crippen molar-refractivity contribution in [2.75, 3.05) is 24.0 Å². The van der Waals surface area contributed by atoms with E-state index >= 15 is 0 Å². The largest absolute Gasteiger partial charge is 0.490 e. The summed E-state index contributed by atoms with van der Waals surface area (Å²) in [4.78, 5) is 75.6. The number of rotatable bonds is 20. The van der Waals surface area contributed by atoms with E-state index in [0.29, 0.717) is 5.56 Å². The van der Waals surface area contributed by atoms with E-state index in [2.05, 4.69) is 23.6 Å². The number of nitrogen functional groups attached to an aromatic ring is 2. The molecule has 4 aromatic rings. The van der Waals surface area contributed by atoms with Gasteiger partial charge in [-0.1, -0.05) is 33.7 Å². The van der Waals surface area contributed by atoms with E-state index < -0.39 is 80.0 Å². The second-order valence-electron chi connectivity index (χ2n) is 16.0. The van der Waals surface area contributed by atoms with Crippen LogP contribution in [0.3, 0.4) is 0 Å². The predicted octanol–water partition coefficient (Wildman–Crippen LogP) is 6.04. The minimum Gasteiger partial charge on any atom is -0.478 e. The number of aromatic nitrogens is 4. The number of benzene rings is 3. The van der Waals surface area contributed by atoms with E-state index in [4.69, 9.17) is 45.1 Å². The zero-order chi connectivity index (χ0) is 51.3. The van der Waals surface area contributed by atoms with Crippen LogP contribution >= 0.6 is 45.1 Å². The van der Waals surface area contributed by atoms with Gasteiger partial charge >= 0.3 is 29.4 Å². The van der Waals surface area contributed by atoms with Crippen LogP contribution in [0.15, 0.2) is 64.4 Å². The lowest BCUT2D eigenvalue weighted by Crippen LogP contribution is -2.29. The van der Waals surface area contributed by atoms with Crippen LogP contribution in [0.25, 0.3) is 44.6 Å². The van der Waals surface area contributed by atoms with Crippen LogP contribution in [0, 0.1) is 12.3 Å². The Balaban J connectivity index is 1.04. The van der Waals surface area contributed by atoms with Crippen molar-refractivity contribution in [3.63, 3.8) is 0 Å². The molecule has 3 aliphatic rings. The number of hydrogen-bond acceptors (Lipinski definition) is 21. The van der Waals surface area contributed by atoms with E-state index in [9.17, 15) is 51.1 Å². The fourth-order valence-corrected chi connectivity index (χ4v) is 13.5. The molecule has 376 valence electrons. The van der Waals surface area contributed by atoms with Crippen molar-refractivity contribution in [2.24, 2.45) is 0 Å². The first kappa shape index (κ1) is 53.2. The zero-order valence-corrected chi connectivity index (χ0v) is 41.6. The molecule has 0 amide bonds. The summed E-state index contributed by atoms with van der Waals surface area (Å²) in [5.41, 5.74) is 12.4. The smallest absolute Gasteiger partial charge is 0.478 e. The summed E-state index contributed by atoms with van der Waals surface area (Å²) in [6.45, 7) is 4.46. The number of nitrogens with zero attached hydrogens (tertiary/aromatic N) is 4. The summed E-state index contributed by atoms with van der Waals surface area (Å²) in [6, 6.07) is 9.69. The van der Waals surface area contributed by atoms with Crippen molar-refractivity contribution < 1.29 is 88.0 Å². The van der Waals surface area contributed by atoms with Crippen molar-refractivity contribution in [1.82, 2.24) is 19.5 Å². The molecule has 0 saturated carbocycles. The highest BCUT2D eigenvalue weighted by Gasteiger charge is 2.44. The van der Waals surface area contributed by atoms with Gasteiger partial charge in [-0.2, -0.15) is 17.0 Å². The third-order valence-corrected chi connectivity index (χ3v) is 18.4. The number of aromatic carboxylic acids is 1. The molecule has 26 nitrogen and oxygen atoms in total. The van der Waals surface area contributed by atoms with Crippen molar-refractivity contribution >= 4 is 101 Å². The molecule has 1 fully saturated rings. The fraction of sp³-hybridized carbons (Fsp3) is 0.316. The number of ether oxygens (including phenoxy) is 2. The maximum atomic E-state index is 13.7. The number of ketones is 1. The number of phosphoric acid groups is 3. The van der Waals surface area contributed by atoms with Gasteiger partial charge in [0, 0.05) is 45.2 Å². The molecule has 0 radical (unpaired) electrons. The first-order valence-electron chi connectivity index (χ1n) is 20.1. The number of anilines is 2. The summed E-state index contributed by atoms with van der Waals surface area (Å²) < 4.78 is 102. The Labute approximate surface area is 403 Å². The molecule has 2 aromatic carbocycles. The molecule has 0 spiro atoms. The van der Waals surface area contributed by atoms with Crippen LogP contribution in [-0.2, 0) is 46.4 Å². The number of hydrogen-bond donors (Lipinski definition) is 9. The quantitative estimate of drug-likeness (QED) is 0.00615. The van der Waals surface area contributed by atoms with Crippen LogP contribution in [0.1, 0.15) is 65.6 Å². The molecule has 5 atom stereocenters. The van der Waals surface area contributed by atoms with E-state index in [-0.39, 0.29) is 97.8 Å². The highest BCUT2D eigenvalue weighted by atomic mass is 33.1. The Morgan fingerprint density at radius 3 is 2.40 bits per heavy atom. The molecule has 1 aliphatic carbocycles. The van der Waals surface area contributed by atoms with Gasteiger partial charge in [0.2, 0.25) is 0 Å². The Bertz CT molecular complexity index is 3350. The number of carbonyl (C=O) groups excluding carboxylic acids is 1. The molecule has 32 heteroatoms. The predicted molar refractivity (Wildman–Crippen MR) is 251 cm³/mol. The van der Waals surface area contributed by atoms with Crippen LogP contribution in [0.2, 0.25) is 0 Å². The Hall–Kier alpha value is -4.64. The normalized spacial score (nSPS) is 18.6. The molecule has 1 saturated heterocycles. The van der Waals surface area contributed by atoms with Crippen LogP contribution < -0.4 is 16.8 Å². The minimum atomic E-state index is -5.80. The molecule has 7 rings (SSSR count). The Morgan fingerprint density at radius 1 is 1.00 bits per heavy atom. The van der Waals surface area contributed by atoms with Gasteiger partial charge in [-0.3, -0.25) is 18.4 Å². The minimum absolute atomic E-state index is 0.0329. The molecule has 2 aliphatic heterocycles. The number of nitrogens with two attached hydrogens (primary N) is 2. The number of carboxylic acid groups (broad SMARTS) is 1. The summed E-state index contributed by atoms with van der Waals surface area (Å²) >= 11 is 0. The number of Topliss-reactive ketones (excluding diaryl/α,β-unsaturated/α-hetero) is 1. The van der Waals surface area contributed by atoms with Gasteiger partial charge in [-0.25, -0.2) is 33.4 Å². The average Bonchev–Trinajstić information content (AvgIpc) is 3.87. The average molecular weight is 1090 g/mol. The van der Waals surface area contributed by atoms with Gasteiger partial charge in [-0.05, 0) is 63.1 Å². The molecule has 11 N–H and O–H groups in total. The van der Waals surface area contributed by atoms with Crippen molar-refractivity contribution in [3.05, 3.63) is 77.2 Å². The molecule has 4 heterocycles. The number of imidazole rings is 1. The molecule has 0 bridgehead atoms. The van der Waals surface area contributed by atoms with Crippen molar-refractivity contribution in [3.8, 4) is 22.5 Å². The van der Waals surface area contributed by atoms with E-state index in [1.165, 1.54) is 81.3 Å². The first-order chi connectivity index (χ1) is 32.5. The number of carbonyl (C=O) groups is 2. The van der Waals surface area contributed by atoms with Crippen LogP contribution in [0.4, 0.5) is 11.5 Å². The maximum Gasteiger partial charge on any atom is 0.490 e. The number of phosphoric ester groups is 1. The lowest BCUT2D eigenvalue weighted by molar-refractivity contribution is -0.0522. The SMILES string of the molecule is Cc1c2oc3c(S(=O)(=O)O)c(N)ccc3c(-c3ccc(C(=O)CCC(C)(C)SSCOC4C[C@H](n5cnc6c(N)ncnc65)O[C@@H]4COP(=O)(O)OP(=O)(O)OP(=O)(O)O)cc3C(=O)O)c-2ccc1=N. The highest BCUT2D eigenvalue weighted by Crippen LogP contribution is 2.66. The van der Waals surface area contributed by atoms with E-state index in [1.54, 1.807) is 6.92 Å². The van der Waals surface area contributed by atoms with Crippen LogP contribution in [0.5, 0.6) is 0 Å². The molecule has 70 heavy (non-hydrogen) atoms. The number of carboxylic acids is 1. The first-order valence-corrected chi connectivity index (χ1v) is 28.3. The third-order valence-electron chi connectivity index (χ3n) is 10.7. The van der Waals surface area contributed by atoms with E-state index in [1.807, 2.05) is 13.8 Å². The van der Waals surface area contributed by atoms with Gasteiger partial charge in [0.05, 0.1) is 35.6 Å². The van der Waals surface area contributed by atoms with Gasteiger partial charge in [0.15, 0.2) is 27.7 Å². The summed E-state index contributed by atoms with van der Waals surface area (Å²) in [5, 5.41) is 18.9. The monoisotopic (exact) mass is 1090 g/mol. The summed E-state index contributed by atoms with van der Waals surface area (Å²) in [7, 11) is -19.4. The molecule has 3 unspecified atom stereocenters. The van der Waals surface area contributed by atoms with Crippen molar-refractivity contribution in [2.45, 2.75) is 68.1 Å². The standard InChI is InChI=1S/C38H42N7O19P3S3/c1-18-24(39)8-6-21-30(22-7-9-25(40)34(70(56,57)58)33(22)62-32(18)21)20-5-4-19(12-23(20)37(47)48)26(46)10-11-38(2,3)69-68-17-59-27-13-29(45-16-44-31-35(41)42-15-43-36(31)45)61-28(27)14-60-66(52,53)64-67(54,55)63-65(49,50)51/h4-9,12,15-16,27-29,39H,10-11,13-14,17,40H2,1-3H3,(H,47,48)(H,52,53)(H,54,55)(H2,41,42,43)(H2,49,50,51)(H,56,57,58)/t27?,28-,29-/m1/s1. The second-order valence-corrected chi connectivity index (χ2v) is 24.8. The van der Waals surface area contributed by atoms with Crippen LogP contribution in [-0.4, -0.2) is 98.4 Å². The topological polar surface area (TPSA) is 420 Å². The maximum absolute atomic E-state index is 13.7. The van der Waals surface area contributed by atoms with Gasteiger partial charge in [-0.15, -0.1) is 0 Å². The lowest BCUT2D eigenvalue weighted by Gasteiger charge is -2.24. The second kappa shape index (κ2) is 20.1. The Kier molecular flexibility index (Phi) is 15.3. The molecular weight excluding hydrogens is 1050 g/mol. The number of fused-ring (bicyclic) bond motifs is 3. The lowest BCUT2D eigenvalue weighted by atomic mass is 9.88. The molecular formula is C38H42N7O19P3S3. The fourth-order valence-electron chi connectivity index (χ4n) is 7.46. The number of nitrogens with one attached hydrogen (secondary N) is 1. The highest BCUT2D eigenvalue weighted by molar-refractivity contribution is 8.77.